The van der Waals surface area contributed by atoms with Crippen LogP contribution < -0.4 is 5.25 Å². The van der Waals surface area contributed by atoms with Crippen LogP contribution in [0.15, 0.2) is 0 Å². The molecule has 0 aliphatic heterocycles. The summed E-state index contributed by atoms with van der Waals surface area (Å²) in [5, 5.41) is 1.76. The molecule has 0 amide bonds. The quantitative estimate of drug-likeness (QED) is 0.356. The van der Waals surface area contributed by atoms with Crippen molar-refractivity contribution in [3.63, 3.8) is 0 Å². The van der Waals surface area contributed by atoms with Crippen molar-refractivity contribution in [1.82, 2.24) is 5.25 Å². The Bertz CT molecular complexity index is 83.7. The molecular weight excluding hydrogens is 140 g/mol. The highest BCUT2D eigenvalue weighted by molar-refractivity contribution is 7.46. The maximum atomic E-state index is 9.63. The number of nitrogens with one attached hydrogen (secondary N) is 1. The fourth-order valence-corrected chi connectivity index (χ4v) is 0.618. The van der Waals surface area contributed by atoms with Gasteiger partial charge in [0.2, 0.25) is 0 Å². The van der Waals surface area contributed by atoms with E-state index in [1.807, 2.05) is 0 Å². The van der Waals surface area contributed by atoms with Crippen molar-refractivity contribution in [2.24, 2.45) is 0 Å². The van der Waals surface area contributed by atoms with Crippen LogP contribution >= 0.6 is 17.2 Å². The normalized spacial score (nSPS) is 11.9. The third kappa shape index (κ3) is 6.50. The third-order valence-electron chi connectivity index (χ3n) is 0.172. The zero-order chi connectivity index (χ0) is 5.91. The predicted molar refractivity (Wildman–Crippen MR) is 26.0 cm³/mol. The second-order valence-corrected chi connectivity index (χ2v) is 2.10. The van der Waals surface area contributed by atoms with E-state index in [0.717, 1.165) is 0 Å². The largest absolute Gasteiger partial charge is 0.486 e. The minimum absolute atomic E-state index is 1.76. The van der Waals surface area contributed by atoms with Crippen LogP contribution in [-0.2, 0) is 9.19 Å². The fourth-order valence-electron chi connectivity index (χ4n) is 0.0687. The Morgan fingerprint density at radius 3 is 2.14 bits per heavy atom. The van der Waals surface area contributed by atoms with Crippen molar-refractivity contribution in [2.75, 3.05) is 0 Å². The molecule has 0 spiro atoms. The number of hydrogen-bond acceptors (Lipinski definition) is 3. The van der Waals surface area contributed by atoms with Crippen LogP contribution in [0.1, 0.15) is 0 Å². The lowest BCUT2D eigenvalue weighted by Gasteiger charge is -1.98. The molecule has 0 radical (unpaired) electrons. The van der Waals surface area contributed by atoms with Crippen LogP contribution in [0.25, 0.3) is 0 Å². The lowest BCUT2D eigenvalue weighted by Crippen LogP contribution is -1.95. The summed E-state index contributed by atoms with van der Waals surface area (Å²) in [6.45, 7) is 0. The highest BCUT2D eigenvalue weighted by Gasteiger charge is 2.11. The lowest BCUT2D eigenvalue weighted by molar-refractivity contribution is 0.175. The van der Waals surface area contributed by atoms with Crippen LogP contribution in [0.5, 0.6) is 0 Å². The SMILES string of the molecule is O=P(O)(O)ONP. The highest BCUT2D eigenvalue weighted by Crippen LogP contribution is 2.34. The van der Waals surface area contributed by atoms with Gasteiger partial charge >= 0.3 is 7.82 Å². The Kier molecular flexibility index (Phi) is 2.92. The summed E-state index contributed by atoms with van der Waals surface area (Å²) in [6, 6.07) is 0. The smallest absolute Gasteiger partial charge is 0.302 e. The first kappa shape index (κ1) is 7.50. The molecule has 0 aliphatic carbocycles. The van der Waals surface area contributed by atoms with Gasteiger partial charge in [0, 0.05) is 0 Å². The monoisotopic (exact) mass is 145 g/mol. The molecule has 0 aromatic carbocycles. The maximum absolute atomic E-state index is 9.63. The minimum Gasteiger partial charge on any atom is -0.302 e. The van der Waals surface area contributed by atoms with Crippen LogP contribution in [0.3, 0.4) is 0 Å². The number of rotatable bonds is 2. The van der Waals surface area contributed by atoms with E-state index in [0.29, 0.717) is 0 Å². The van der Waals surface area contributed by atoms with Crippen molar-refractivity contribution >= 4 is 17.2 Å². The molecule has 0 aromatic heterocycles. The molecule has 0 rings (SSSR count). The van der Waals surface area contributed by atoms with Crippen LogP contribution in [0.4, 0.5) is 0 Å². The standard InChI is InChI=1S/H5NO4P2/c2-7(3,4)5-1-6/h1H,6H2,(H2,2,3,4). The zero-order valence-electron chi connectivity index (χ0n) is 3.24. The van der Waals surface area contributed by atoms with Gasteiger partial charge in [0.25, 0.3) is 0 Å². The molecule has 7 heteroatoms. The third-order valence-corrected chi connectivity index (χ3v) is 0.831. The summed E-state index contributed by atoms with van der Waals surface area (Å²) < 4.78 is 13.2. The highest BCUT2D eigenvalue weighted by atomic mass is 31.2. The molecule has 1 atom stereocenters. The molecular formula is H5NO4P2. The Morgan fingerprint density at radius 1 is 1.71 bits per heavy atom. The van der Waals surface area contributed by atoms with E-state index in [9.17, 15) is 4.57 Å². The zero-order valence-corrected chi connectivity index (χ0v) is 5.28. The summed E-state index contributed by atoms with van der Waals surface area (Å²) >= 11 is 0. The summed E-state index contributed by atoms with van der Waals surface area (Å²) in [6.07, 6.45) is 0. The average Bonchev–Trinajstić information content (AvgIpc) is 1.30. The van der Waals surface area contributed by atoms with E-state index in [-0.39, 0.29) is 0 Å². The van der Waals surface area contributed by atoms with E-state index in [1.165, 1.54) is 0 Å². The Hall–Kier alpha value is 0.500. The summed E-state index contributed by atoms with van der Waals surface area (Å²) in [5.74, 6) is 0. The molecule has 3 N–H and O–H groups in total. The topological polar surface area (TPSA) is 78.8 Å². The molecule has 0 heterocycles. The number of hydrogen-bond donors (Lipinski definition) is 3. The van der Waals surface area contributed by atoms with Gasteiger partial charge in [0.1, 0.15) is 0 Å². The van der Waals surface area contributed by atoms with Gasteiger partial charge in [-0.1, -0.05) is 0 Å². The maximum Gasteiger partial charge on any atom is 0.486 e. The average molecular weight is 145 g/mol. The van der Waals surface area contributed by atoms with Crippen LogP contribution in [-0.4, -0.2) is 9.79 Å². The summed E-state index contributed by atoms with van der Waals surface area (Å²) in [7, 11) is -2.52. The van der Waals surface area contributed by atoms with Crippen molar-refractivity contribution in [1.29, 1.82) is 0 Å². The first-order valence-corrected chi connectivity index (χ1v) is 3.37. The fraction of sp³-hybridized carbons (Fsp3) is 0. The van der Waals surface area contributed by atoms with Gasteiger partial charge in [0.15, 0.2) is 0 Å². The van der Waals surface area contributed by atoms with E-state index in [2.05, 4.69) is 4.62 Å². The molecule has 0 bridgehead atoms. The van der Waals surface area contributed by atoms with Crippen molar-refractivity contribution in [3.05, 3.63) is 0 Å². The minimum atomic E-state index is -4.30. The molecule has 44 valence electrons. The van der Waals surface area contributed by atoms with E-state index >= 15 is 0 Å². The predicted octanol–water partition coefficient (Wildman–Crippen LogP) is -0.610. The van der Waals surface area contributed by atoms with Gasteiger partial charge in [-0.15, -0.1) is 0 Å². The number of phosphoric acid groups is 1. The molecule has 0 fully saturated rings. The molecule has 0 aliphatic rings. The summed E-state index contributed by atoms with van der Waals surface area (Å²) in [4.78, 5) is 15.7. The molecule has 1 unspecified atom stereocenters. The van der Waals surface area contributed by atoms with E-state index in [4.69, 9.17) is 9.79 Å². The Labute approximate surface area is 42.5 Å². The van der Waals surface area contributed by atoms with Crippen molar-refractivity contribution in [3.8, 4) is 0 Å². The Balaban J connectivity index is 3.36. The van der Waals surface area contributed by atoms with Gasteiger partial charge in [-0.2, -0.15) is 9.88 Å². The van der Waals surface area contributed by atoms with Gasteiger partial charge in [-0.3, -0.25) is 0 Å². The van der Waals surface area contributed by atoms with Gasteiger partial charge in [-0.25, -0.2) is 4.57 Å². The summed E-state index contributed by atoms with van der Waals surface area (Å²) in [5.41, 5.74) is 0. The first-order chi connectivity index (χ1) is 3.06. The van der Waals surface area contributed by atoms with Gasteiger partial charge in [0.05, 0.1) is 0 Å². The Morgan fingerprint density at radius 2 is 2.14 bits per heavy atom. The molecule has 0 saturated heterocycles. The van der Waals surface area contributed by atoms with Crippen molar-refractivity contribution in [2.45, 2.75) is 0 Å². The molecule has 0 aromatic rings. The van der Waals surface area contributed by atoms with E-state index < -0.39 is 7.82 Å². The lowest BCUT2D eigenvalue weighted by atomic mass is 13.5. The van der Waals surface area contributed by atoms with Crippen molar-refractivity contribution < 1.29 is 19.0 Å². The molecule has 5 nitrogen and oxygen atoms in total. The molecule has 0 saturated carbocycles. The van der Waals surface area contributed by atoms with E-state index in [1.54, 1.807) is 14.6 Å². The second kappa shape index (κ2) is 2.72. The second-order valence-electron chi connectivity index (χ2n) is 0.700. The first-order valence-electron chi connectivity index (χ1n) is 1.26. The van der Waals surface area contributed by atoms with Crippen LogP contribution in [0.2, 0.25) is 0 Å². The van der Waals surface area contributed by atoms with Crippen LogP contribution in [0, 0.1) is 0 Å². The van der Waals surface area contributed by atoms with Gasteiger partial charge < -0.3 is 9.79 Å². The molecule has 7 heavy (non-hydrogen) atoms. The van der Waals surface area contributed by atoms with Gasteiger partial charge in [-0.05, 0) is 9.39 Å².